The fourth-order valence-electron chi connectivity index (χ4n) is 6.21. The van der Waals surface area contributed by atoms with E-state index >= 15 is 0 Å². The lowest BCUT2D eigenvalue weighted by Crippen LogP contribution is -2.52. The fraction of sp³-hybridized carbons (Fsp3) is 0.300. The molecular formula is C30H28FNO2. The number of benzene rings is 3. The van der Waals surface area contributed by atoms with Crippen molar-refractivity contribution in [3.8, 4) is 11.1 Å². The van der Waals surface area contributed by atoms with Gasteiger partial charge in [-0.3, -0.25) is 4.90 Å². The lowest BCUT2D eigenvalue weighted by Gasteiger charge is -2.44. The second kappa shape index (κ2) is 8.43. The smallest absolute Gasteiger partial charge is 0.410 e. The van der Waals surface area contributed by atoms with Gasteiger partial charge in [-0.05, 0) is 72.1 Å². The summed E-state index contributed by atoms with van der Waals surface area (Å²) in [5, 5.41) is 0. The molecule has 2 atom stereocenters. The Morgan fingerprint density at radius 3 is 2.35 bits per heavy atom. The van der Waals surface area contributed by atoms with E-state index in [2.05, 4.69) is 42.5 Å². The number of ether oxygens (including phenoxy) is 1. The lowest BCUT2D eigenvalue weighted by atomic mass is 9.82. The Morgan fingerprint density at radius 1 is 0.971 bits per heavy atom. The molecule has 1 amide bonds. The van der Waals surface area contributed by atoms with Crippen LogP contribution < -0.4 is 0 Å². The molecule has 0 saturated carbocycles. The third-order valence-electron chi connectivity index (χ3n) is 7.73. The minimum Gasteiger partial charge on any atom is -0.448 e. The molecule has 1 fully saturated rings. The number of rotatable bonds is 3. The van der Waals surface area contributed by atoms with Crippen molar-refractivity contribution in [2.24, 2.45) is 0 Å². The Bertz CT molecular complexity index is 1230. The number of halogens is 1. The molecule has 3 nitrogen and oxygen atoms in total. The second-order valence-corrected chi connectivity index (χ2v) is 9.69. The third kappa shape index (κ3) is 3.44. The number of nitrogens with zero attached hydrogens (tertiary/aromatic N) is 1. The first-order valence-electron chi connectivity index (χ1n) is 12.2. The van der Waals surface area contributed by atoms with Crippen molar-refractivity contribution in [1.29, 1.82) is 0 Å². The van der Waals surface area contributed by atoms with Gasteiger partial charge in [-0.2, -0.15) is 0 Å². The molecule has 6 rings (SSSR count). The average molecular weight is 454 g/mol. The van der Waals surface area contributed by atoms with Crippen molar-refractivity contribution < 1.29 is 13.9 Å². The average Bonchev–Trinajstić information content (AvgIpc) is 3.15. The highest BCUT2D eigenvalue weighted by molar-refractivity contribution is 5.79. The van der Waals surface area contributed by atoms with Gasteiger partial charge in [0.1, 0.15) is 12.4 Å². The Kier molecular flexibility index (Phi) is 5.24. The molecule has 2 unspecified atom stereocenters. The van der Waals surface area contributed by atoms with E-state index in [1.165, 1.54) is 28.3 Å². The Hall–Kier alpha value is -3.40. The predicted octanol–water partition coefficient (Wildman–Crippen LogP) is 7.09. The first-order chi connectivity index (χ1) is 16.6. The lowest BCUT2D eigenvalue weighted by molar-refractivity contribution is 0.0538. The van der Waals surface area contributed by atoms with Gasteiger partial charge in [0.15, 0.2) is 0 Å². The van der Waals surface area contributed by atoms with Gasteiger partial charge in [-0.25, -0.2) is 9.18 Å². The SMILES string of the molecule is Cc1cccc(F)c1C1=CC2CCCC(C1)N2C(=O)OCC1c2ccccc2-c2ccccc21. The van der Waals surface area contributed by atoms with Crippen molar-refractivity contribution in [2.75, 3.05) is 6.61 Å². The summed E-state index contributed by atoms with van der Waals surface area (Å²) in [7, 11) is 0. The van der Waals surface area contributed by atoms with Crippen LogP contribution in [0.4, 0.5) is 9.18 Å². The van der Waals surface area contributed by atoms with Crippen molar-refractivity contribution in [3.05, 3.63) is 101 Å². The zero-order valence-corrected chi connectivity index (χ0v) is 19.3. The zero-order valence-electron chi connectivity index (χ0n) is 19.3. The van der Waals surface area contributed by atoms with Crippen LogP contribution in [0, 0.1) is 12.7 Å². The van der Waals surface area contributed by atoms with Crippen molar-refractivity contribution in [2.45, 2.75) is 50.6 Å². The van der Waals surface area contributed by atoms with Gasteiger partial charge in [-0.1, -0.05) is 66.7 Å². The molecular weight excluding hydrogens is 425 g/mol. The van der Waals surface area contributed by atoms with Crippen LogP contribution in [0.15, 0.2) is 72.8 Å². The molecule has 172 valence electrons. The number of amides is 1. The molecule has 2 bridgehead atoms. The van der Waals surface area contributed by atoms with Gasteiger partial charge in [0.2, 0.25) is 0 Å². The molecule has 2 aliphatic heterocycles. The maximum Gasteiger partial charge on any atom is 0.410 e. The molecule has 0 radical (unpaired) electrons. The topological polar surface area (TPSA) is 29.5 Å². The van der Waals surface area contributed by atoms with Gasteiger partial charge in [-0.15, -0.1) is 0 Å². The summed E-state index contributed by atoms with van der Waals surface area (Å²) in [6.07, 6.45) is 5.40. The van der Waals surface area contributed by atoms with Crippen molar-refractivity contribution >= 4 is 11.7 Å². The Balaban J connectivity index is 1.24. The molecule has 4 heteroatoms. The minimum absolute atomic E-state index is 0.0443. The van der Waals surface area contributed by atoms with E-state index in [1.54, 1.807) is 6.07 Å². The number of aryl methyl sites for hydroxylation is 1. The third-order valence-corrected chi connectivity index (χ3v) is 7.73. The Labute approximate surface area is 199 Å². The van der Waals surface area contributed by atoms with Crippen LogP contribution in [0.25, 0.3) is 16.7 Å². The molecule has 34 heavy (non-hydrogen) atoms. The zero-order chi connectivity index (χ0) is 23.2. The quantitative estimate of drug-likeness (QED) is 0.424. The first kappa shape index (κ1) is 21.2. The van der Waals surface area contributed by atoms with Gasteiger partial charge < -0.3 is 4.74 Å². The largest absolute Gasteiger partial charge is 0.448 e. The van der Waals surface area contributed by atoms with E-state index in [1.807, 2.05) is 30.0 Å². The van der Waals surface area contributed by atoms with E-state index in [0.29, 0.717) is 18.6 Å². The molecule has 3 aromatic rings. The molecule has 1 saturated heterocycles. The summed E-state index contributed by atoms with van der Waals surface area (Å²) >= 11 is 0. The molecule has 1 aliphatic carbocycles. The summed E-state index contributed by atoms with van der Waals surface area (Å²) in [6.45, 7) is 2.28. The van der Waals surface area contributed by atoms with Gasteiger partial charge >= 0.3 is 6.09 Å². The Morgan fingerprint density at radius 2 is 1.68 bits per heavy atom. The van der Waals surface area contributed by atoms with E-state index in [0.717, 1.165) is 30.4 Å². The van der Waals surface area contributed by atoms with Crippen molar-refractivity contribution in [3.63, 3.8) is 0 Å². The van der Waals surface area contributed by atoms with Crippen LogP contribution in [0.2, 0.25) is 0 Å². The van der Waals surface area contributed by atoms with E-state index in [4.69, 9.17) is 4.74 Å². The summed E-state index contributed by atoms with van der Waals surface area (Å²) in [4.78, 5) is 15.3. The van der Waals surface area contributed by atoms with E-state index < -0.39 is 0 Å². The fourth-order valence-corrected chi connectivity index (χ4v) is 6.21. The number of fused-ring (bicyclic) bond motifs is 5. The van der Waals surface area contributed by atoms with E-state index in [9.17, 15) is 9.18 Å². The number of hydrogen-bond donors (Lipinski definition) is 0. The van der Waals surface area contributed by atoms with Crippen LogP contribution in [-0.2, 0) is 4.74 Å². The van der Waals surface area contributed by atoms with Gasteiger partial charge in [0.05, 0.1) is 6.04 Å². The molecule has 0 aromatic heterocycles. The summed E-state index contributed by atoms with van der Waals surface area (Å²) in [5.74, 6) is -0.132. The maximum atomic E-state index is 14.7. The summed E-state index contributed by atoms with van der Waals surface area (Å²) in [6, 6.07) is 22.0. The predicted molar refractivity (Wildman–Crippen MR) is 132 cm³/mol. The van der Waals surface area contributed by atoms with Crippen LogP contribution in [0.3, 0.4) is 0 Å². The molecule has 0 N–H and O–H groups in total. The number of hydrogen-bond acceptors (Lipinski definition) is 2. The molecule has 3 aliphatic rings. The number of carbonyl (C=O) groups excluding carboxylic acids is 1. The number of piperidine rings is 1. The standard InChI is InChI=1S/C30H28FNO2/c1-19-8-6-15-28(31)29(19)20-16-21-9-7-10-22(17-20)32(21)30(33)34-18-27-25-13-4-2-11-23(25)24-12-3-5-14-26(24)27/h2-6,8,11-16,21-22,27H,7,9-10,17-18H2,1H3. The normalized spacial score (nSPS) is 21.0. The van der Waals surface area contributed by atoms with Crippen LogP contribution in [-0.4, -0.2) is 29.7 Å². The van der Waals surface area contributed by atoms with Crippen LogP contribution >= 0.6 is 0 Å². The summed E-state index contributed by atoms with van der Waals surface area (Å²) < 4.78 is 20.6. The summed E-state index contributed by atoms with van der Waals surface area (Å²) in [5.41, 5.74) is 7.54. The molecule has 3 aromatic carbocycles. The van der Waals surface area contributed by atoms with Gasteiger partial charge in [0, 0.05) is 17.5 Å². The molecule has 0 spiro atoms. The second-order valence-electron chi connectivity index (χ2n) is 9.69. The van der Waals surface area contributed by atoms with E-state index in [-0.39, 0.29) is 29.9 Å². The number of carbonyl (C=O) groups is 1. The van der Waals surface area contributed by atoms with Crippen molar-refractivity contribution in [1.82, 2.24) is 4.90 Å². The first-order valence-corrected chi connectivity index (χ1v) is 12.2. The monoisotopic (exact) mass is 453 g/mol. The highest BCUT2D eigenvalue weighted by Gasteiger charge is 2.39. The maximum absolute atomic E-state index is 14.7. The highest BCUT2D eigenvalue weighted by atomic mass is 19.1. The molecule has 2 heterocycles. The minimum atomic E-state index is -0.253. The highest BCUT2D eigenvalue weighted by Crippen LogP contribution is 2.45. The van der Waals surface area contributed by atoms with Crippen LogP contribution in [0.5, 0.6) is 0 Å². The van der Waals surface area contributed by atoms with Crippen LogP contribution in [0.1, 0.15) is 53.9 Å². The van der Waals surface area contributed by atoms with Gasteiger partial charge in [0.25, 0.3) is 0 Å².